The first-order valence-corrected chi connectivity index (χ1v) is 6.81. The average Bonchev–Trinajstić information content (AvgIpc) is 2.71. The molecule has 19 heavy (non-hydrogen) atoms. The molecular weight excluding hydrogens is 232 g/mol. The van der Waals surface area contributed by atoms with Gasteiger partial charge in [0.1, 0.15) is 5.78 Å². The van der Waals surface area contributed by atoms with Crippen molar-refractivity contribution in [3.8, 4) is 0 Å². The zero-order chi connectivity index (χ0) is 14.2. The van der Waals surface area contributed by atoms with Gasteiger partial charge in [0, 0.05) is 0 Å². The van der Waals surface area contributed by atoms with Gasteiger partial charge in [-0.2, -0.15) is 0 Å². The quantitative estimate of drug-likeness (QED) is 0.780. The van der Waals surface area contributed by atoms with E-state index in [1.54, 1.807) is 6.92 Å². The number of carbonyl (C=O) groups is 1. The van der Waals surface area contributed by atoms with Crippen LogP contribution in [0.25, 0.3) is 0 Å². The Morgan fingerprint density at radius 2 is 1.95 bits per heavy atom. The molecule has 0 aromatic heterocycles. The minimum atomic E-state index is -0.371. The van der Waals surface area contributed by atoms with Crippen LogP contribution in [-0.2, 0) is 10.2 Å². The van der Waals surface area contributed by atoms with Crippen molar-refractivity contribution in [1.29, 1.82) is 0 Å². The van der Waals surface area contributed by atoms with E-state index in [1.165, 1.54) is 27.8 Å². The second-order valence-electron chi connectivity index (χ2n) is 5.75. The number of ketones is 1. The van der Waals surface area contributed by atoms with Gasteiger partial charge in [0.15, 0.2) is 0 Å². The van der Waals surface area contributed by atoms with E-state index >= 15 is 0 Å². The molecule has 2 rings (SSSR count). The molecule has 0 radical (unpaired) electrons. The first kappa shape index (κ1) is 13.8. The van der Waals surface area contributed by atoms with Gasteiger partial charge in [-0.05, 0) is 62.8 Å². The normalized spacial score (nSPS) is 22.7. The lowest BCUT2D eigenvalue weighted by Crippen LogP contribution is -2.33. The molecule has 0 bridgehead atoms. The minimum absolute atomic E-state index is 0.261. The zero-order valence-electron chi connectivity index (χ0n) is 12.3. The minimum Gasteiger partial charge on any atom is -0.299 e. The van der Waals surface area contributed by atoms with Crippen molar-refractivity contribution in [3.05, 3.63) is 58.7 Å². The molecule has 1 aromatic carbocycles. The number of hydrogen-bond acceptors (Lipinski definition) is 1. The van der Waals surface area contributed by atoms with E-state index in [1.807, 2.05) is 6.08 Å². The molecule has 1 atom stereocenters. The lowest BCUT2D eigenvalue weighted by molar-refractivity contribution is -0.122. The number of hydrogen-bond donors (Lipinski definition) is 0. The van der Waals surface area contributed by atoms with E-state index in [0.29, 0.717) is 0 Å². The summed E-state index contributed by atoms with van der Waals surface area (Å²) in [6.07, 6.45) is 3.53. The molecule has 0 amide bonds. The van der Waals surface area contributed by atoms with Gasteiger partial charge in [-0.3, -0.25) is 4.79 Å². The SMILES string of the molecule is C=CC1=C(C)C[C@](C(C)=O)(c2cccc(C)c2C)C1. The molecule has 0 saturated heterocycles. The Kier molecular flexibility index (Phi) is 3.49. The lowest BCUT2D eigenvalue weighted by atomic mass is 9.72. The number of rotatable bonds is 3. The van der Waals surface area contributed by atoms with Crippen molar-refractivity contribution in [3.63, 3.8) is 0 Å². The first-order chi connectivity index (χ1) is 8.92. The molecule has 1 heteroatoms. The summed E-state index contributed by atoms with van der Waals surface area (Å²) in [5.41, 5.74) is 5.85. The van der Waals surface area contributed by atoms with Crippen LogP contribution < -0.4 is 0 Å². The van der Waals surface area contributed by atoms with Gasteiger partial charge in [-0.1, -0.05) is 36.4 Å². The fourth-order valence-corrected chi connectivity index (χ4v) is 3.25. The Hall–Kier alpha value is -1.63. The topological polar surface area (TPSA) is 17.1 Å². The monoisotopic (exact) mass is 254 g/mol. The van der Waals surface area contributed by atoms with Crippen molar-refractivity contribution in [1.82, 2.24) is 0 Å². The van der Waals surface area contributed by atoms with Crippen LogP contribution in [0.5, 0.6) is 0 Å². The Morgan fingerprint density at radius 1 is 1.26 bits per heavy atom. The second kappa shape index (κ2) is 4.80. The Balaban J connectivity index is 2.58. The lowest BCUT2D eigenvalue weighted by Gasteiger charge is -2.30. The Morgan fingerprint density at radius 3 is 2.47 bits per heavy atom. The van der Waals surface area contributed by atoms with Crippen molar-refractivity contribution < 1.29 is 4.79 Å². The summed E-state index contributed by atoms with van der Waals surface area (Å²) >= 11 is 0. The summed E-state index contributed by atoms with van der Waals surface area (Å²) < 4.78 is 0. The average molecular weight is 254 g/mol. The van der Waals surface area contributed by atoms with Crippen LogP contribution in [0.15, 0.2) is 42.0 Å². The van der Waals surface area contributed by atoms with Gasteiger partial charge in [0.05, 0.1) is 5.41 Å². The standard InChI is InChI=1S/C18H22O/c1-6-16-11-18(15(5)19,10-13(16)3)17-9-7-8-12(2)14(17)4/h6-9H,1,10-11H2,2-5H3/t18-/m0/s1. The van der Waals surface area contributed by atoms with Crippen LogP contribution in [0.1, 0.15) is 43.4 Å². The summed E-state index contributed by atoms with van der Waals surface area (Å²) in [5.74, 6) is 0.261. The molecule has 1 aliphatic rings. The Bertz CT molecular complexity index is 577. The zero-order valence-corrected chi connectivity index (χ0v) is 12.3. The number of Topliss-reactive ketones (excluding diaryl/α,β-unsaturated/α-hetero) is 1. The molecule has 0 N–H and O–H groups in total. The summed E-state index contributed by atoms with van der Waals surface area (Å²) in [6, 6.07) is 6.28. The maximum absolute atomic E-state index is 12.4. The summed E-state index contributed by atoms with van der Waals surface area (Å²) in [5, 5.41) is 0. The number of aryl methyl sites for hydroxylation is 1. The van der Waals surface area contributed by atoms with Crippen LogP contribution in [0.3, 0.4) is 0 Å². The smallest absolute Gasteiger partial charge is 0.140 e. The van der Waals surface area contributed by atoms with Gasteiger partial charge in [0.25, 0.3) is 0 Å². The van der Waals surface area contributed by atoms with Crippen LogP contribution >= 0.6 is 0 Å². The molecule has 0 saturated carbocycles. The van der Waals surface area contributed by atoms with Gasteiger partial charge in [0.2, 0.25) is 0 Å². The third-order valence-electron chi connectivity index (χ3n) is 4.65. The van der Waals surface area contributed by atoms with E-state index < -0.39 is 0 Å². The van der Waals surface area contributed by atoms with Gasteiger partial charge < -0.3 is 0 Å². The van der Waals surface area contributed by atoms with Crippen molar-refractivity contribution in [2.45, 2.75) is 46.0 Å². The molecule has 1 aliphatic carbocycles. The maximum atomic E-state index is 12.4. The third-order valence-corrected chi connectivity index (χ3v) is 4.65. The fraction of sp³-hybridized carbons (Fsp3) is 0.389. The van der Waals surface area contributed by atoms with E-state index in [2.05, 4.69) is 45.5 Å². The highest BCUT2D eigenvalue weighted by molar-refractivity contribution is 5.90. The maximum Gasteiger partial charge on any atom is 0.140 e. The number of allylic oxidation sites excluding steroid dienone is 3. The van der Waals surface area contributed by atoms with E-state index in [9.17, 15) is 4.79 Å². The molecule has 0 heterocycles. The second-order valence-corrected chi connectivity index (χ2v) is 5.75. The summed E-state index contributed by atoms with van der Waals surface area (Å²) in [4.78, 5) is 12.4. The third kappa shape index (κ3) is 2.07. The molecule has 0 aliphatic heterocycles. The molecule has 100 valence electrons. The van der Waals surface area contributed by atoms with Crippen molar-refractivity contribution in [2.24, 2.45) is 0 Å². The highest BCUT2D eigenvalue weighted by Crippen LogP contribution is 2.46. The van der Waals surface area contributed by atoms with Gasteiger partial charge in [-0.25, -0.2) is 0 Å². The van der Waals surface area contributed by atoms with Crippen LogP contribution in [0, 0.1) is 13.8 Å². The van der Waals surface area contributed by atoms with Crippen LogP contribution in [0.4, 0.5) is 0 Å². The molecule has 0 spiro atoms. The molecule has 1 aromatic rings. The molecular formula is C18H22O. The molecule has 1 nitrogen and oxygen atoms in total. The highest BCUT2D eigenvalue weighted by Gasteiger charge is 2.43. The predicted octanol–water partition coefficient (Wildman–Crippen LogP) is 4.43. The largest absolute Gasteiger partial charge is 0.299 e. The van der Waals surface area contributed by atoms with Crippen LogP contribution in [-0.4, -0.2) is 5.78 Å². The van der Waals surface area contributed by atoms with Crippen LogP contribution in [0.2, 0.25) is 0 Å². The molecule has 0 fully saturated rings. The summed E-state index contributed by atoms with van der Waals surface area (Å²) in [6.45, 7) is 12.0. The van der Waals surface area contributed by atoms with Gasteiger partial charge in [-0.15, -0.1) is 0 Å². The van der Waals surface area contributed by atoms with Crippen molar-refractivity contribution in [2.75, 3.05) is 0 Å². The fourth-order valence-electron chi connectivity index (χ4n) is 3.25. The van der Waals surface area contributed by atoms with E-state index in [-0.39, 0.29) is 11.2 Å². The van der Waals surface area contributed by atoms with E-state index in [0.717, 1.165) is 12.8 Å². The first-order valence-electron chi connectivity index (χ1n) is 6.81. The van der Waals surface area contributed by atoms with E-state index in [4.69, 9.17) is 0 Å². The Labute approximate surface area is 116 Å². The highest BCUT2D eigenvalue weighted by atomic mass is 16.1. The molecule has 0 unspecified atom stereocenters. The predicted molar refractivity (Wildman–Crippen MR) is 80.4 cm³/mol. The number of benzene rings is 1. The summed E-state index contributed by atoms with van der Waals surface area (Å²) in [7, 11) is 0. The number of carbonyl (C=O) groups excluding carboxylic acids is 1. The van der Waals surface area contributed by atoms with Crippen molar-refractivity contribution >= 4 is 5.78 Å². The van der Waals surface area contributed by atoms with Gasteiger partial charge >= 0.3 is 0 Å².